The molecule has 0 fully saturated rings. The predicted octanol–water partition coefficient (Wildman–Crippen LogP) is 5.76. The lowest BCUT2D eigenvalue weighted by atomic mass is 9.76. The highest BCUT2D eigenvalue weighted by Crippen LogP contribution is 2.37. The summed E-state index contributed by atoms with van der Waals surface area (Å²) in [6, 6.07) is 17.6. The zero-order chi connectivity index (χ0) is 31.4. The molecule has 226 valence electrons. The molecular formula is C34H39N3O6. The molecule has 3 rings (SSSR count). The molecule has 3 unspecified atom stereocenters. The number of carbonyl (C=O) groups excluding carboxylic acids is 3. The first-order valence-electron chi connectivity index (χ1n) is 14.4. The third kappa shape index (κ3) is 9.67. The monoisotopic (exact) mass is 585 g/mol. The van der Waals surface area contributed by atoms with Gasteiger partial charge in [-0.1, -0.05) is 68.8 Å². The lowest BCUT2D eigenvalue weighted by Crippen LogP contribution is -2.47. The molecule has 9 nitrogen and oxygen atoms in total. The number of anilines is 1. The Bertz CT molecular complexity index is 1390. The Balaban J connectivity index is 1.63. The van der Waals surface area contributed by atoms with Crippen LogP contribution in [0.4, 0.5) is 5.69 Å². The Morgan fingerprint density at radius 2 is 1.74 bits per heavy atom. The minimum atomic E-state index is -1.11. The number of hydrogen-bond acceptors (Lipinski definition) is 6. The van der Waals surface area contributed by atoms with Crippen LogP contribution in [0.25, 0.3) is 5.57 Å². The quantitative estimate of drug-likeness (QED) is 0.239. The fraction of sp³-hybridized carbons (Fsp3) is 0.382. The van der Waals surface area contributed by atoms with Gasteiger partial charge in [-0.25, -0.2) is 4.79 Å². The van der Waals surface area contributed by atoms with Crippen LogP contribution in [0, 0.1) is 28.6 Å². The van der Waals surface area contributed by atoms with Gasteiger partial charge in [0.25, 0.3) is 0 Å². The molecule has 43 heavy (non-hydrogen) atoms. The van der Waals surface area contributed by atoms with Gasteiger partial charge in [-0.2, -0.15) is 5.26 Å². The van der Waals surface area contributed by atoms with Crippen molar-refractivity contribution in [1.82, 2.24) is 5.32 Å². The van der Waals surface area contributed by atoms with Gasteiger partial charge >= 0.3 is 11.9 Å². The summed E-state index contributed by atoms with van der Waals surface area (Å²) in [5, 5.41) is 25.0. The number of carboxylic acids is 1. The largest absolute Gasteiger partial charge is 0.481 e. The van der Waals surface area contributed by atoms with Crippen molar-refractivity contribution in [3.05, 3.63) is 84.0 Å². The molecule has 3 atom stereocenters. The van der Waals surface area contributed by atoms with Crippen molar-refractivity contribution < 1.29 is 29.0 Å². The second kappa shape index (κ2) is 15.5. The van der Waals surface area contributed by atoms with Crippen LogP contribution in [0.1, 0.15) is 68.3 Å². The maximum absolute atomic E-state index is 13.3. The van der Waals surface area contributed by atoms with Gasteiger partial charge in [-0.15, -0.1) is 0 Å². The summed E-state index contributed by atoms with van der Waals surface area (Å²) >= 11 is 0. The minimum Gasteiger partial charge on any atom is -0.481 e. The summed E-state index contributed by atoms with van der Waals surface area (Å²) in [7, 11) is 1.28. The van der Waals surface area contributed by atoms with Gasteiger partial charge in [-0.3, -0.25) is 14.4 Å². The number of ether oxygens (including phenoxy) is 1. The van der Waals surface area contributed by atoms with Crippen LogP contribution in [0.15, 0.2) is 72.8 Å². The van der Waals surface area contributed by atoms with Crippen molar-refractivity contribution in [2.75, 3.05) is 12.4 Å². The van der Waals surface area contributed by atoms with Crippen LogP contribution < -0.4 is 10.6 Å². The van der Waals surface area contributed by atoms with E-state index >= 15 is 0 Å². The summed E-state index contributed by atoms with van der Waals surface area (Å²) < 4.78 is 4.69. The Labute approximate surface area is 252 Å². The maximum atomic E-state index is 13.3. The van der Waals surface area contributed by atoms with E-state index in [1.165, 1.54) is 19.2 Å². The summed E-state index contributed by atoms with van der Waals surface area (Å²) in [5.74, 6) is -3.37. The first kappa shape index (κ1) is 32.8. The van der Waals surface area contributed by atoms with Crippen molar-refractivity contribution in [2.45, 2.75) is 58.4 Å². The first-order chi connectivity index (χ1) is 20.6. The van der Waals surface area contributed by atoms with Gasteiger partial charge in [0.2, 0.25) is 11.8 Å². The normalized spacial score (nSPS) is 17.2. The number of rotatable bonds is 14. The van der Waals surface area contributed by atoms with Gasteiger partial charge in [-0.05, 0) is 67.0 Å². The number of nitrogens with zero attached hydrogens (tertiary/aromatic N) is 1. The Morgan fingerprint density at radius 3 is 2.30 bits per heavy atom. The number of benzene rings is 2. The van der Waals surface area contributed by atoms with Gasteiger partial charge < -0.3 is 20.5 Å². The number of carbonyl (C=O) groups is 4. The molecule has 0 heterocycles. The standard InChI is InChI=1S/C34H39N3O6/c1-23(2)20-29(32(41)36-28-13-11-26(12-14-28)33(42)43-3)37-31(40)27(21-30(38)39)10-7-17-34(22-35)18-15-25(16-19-34)24-8-5-4-6-9-24/h4-6,8-9,11-16,18,23,27,29H,7,10,17,19-21H2,1-3H3,(H,36,41)(H,37,40)(H,38,39). The molecule has 0 aliphatic heterocycles. The molecule has 2 aromatic carbocycles. The van der Waals surface area contributed by atoms with Crippen LogP contribution in [0.3, 0.4) is 0 Å². The van der Waals surface area contributed by atoms with E-state index in [2.05, 4.69) is 16.7 Å². The Hall–Kier alpha value is -4.71. The van der Waals surface area contributed by atoms with Crippen molar-refractivity contribution in [3.63, 3.8) is 0 Å². The third-order valence-electron chi connectivity index (χ3n) is 7.48. The zero-order valence-electron chi connectivity index (χ0n) is 24.8. The number of methoxy groups -OCH3 is 1. The van der Waals surface area contributed by atoms with Crippen LogP contribution in [-0.4, -0.2) is 42.0 Å². The van der Waals surface area contributed by atoms with Crippen LogP contribution >= 0.6 is 0 Å². The van der Waals surface area contributed by atoms with Crippen molar-refractivity contribution in [1.29, 1.82) is 5.26 Å². The smallest absolute Gasteiger partial charge is 0.337 e. The van der Waals surface area contributed by atoms with Crippen molar-refractivity contribution >= 4 is 35.0 Å². The number of nitriles is 1. The highest BCUT2D eigenvalue weighted by Gasteiger charge is 2.31. The molecule has 9 heteroatoms. The molecule has 1 aliphatic rings. The van der Waals surface area contributed by atoms with E-state index in [1.807, 2.05) is 62.4 Å². The van der Waals surface area contributed by atoms with E-state index in [9.17, 15) is 29.5 Å². The molecule has 0 aromatic heterocycles. The lowest BCUT2D eigenvalue weighted by Gasteiger charge is -2.26. The van der Waals surface area contributed by atoms with Gasteiger partial charge in [0.1, 0.15) is 6.04 Å². The van der Waals surface area contributed by atoms with E-state index in [0.29, 0.717) is 36.9 Å². The predicted molar refractivity (Wildman–Crippen MR) is 164 cm³/mol. The molecule has 0 saturated carbocycles. The van der Waals surface area contributed by atoms with Crippen LogP contribution in [0.5, 0.6) is 0 Å². The van der Waals surface area contributed by atoms with Gasteiger partial charge in [0.05, 0.1) is 30.6 Å². The van der Waals surface area contributed by atoms with Crippen molar-refractivity contribution in [3.8, 4) is 6.07 Å². The molecule has 0 spiro atoms. The number of esters is 1. The van der Waals surface area contributed by atoms with E-state index in [0.717, 1.165) is 11.1 Å². The molecule has 2 aromatic rings. The van der Waals surface area contributed by atoms with Gasteiger partial charge in [0, 0.05) is 11.6 Å². The summed E-state index contributed by atoms with van der Waals surface area (Å²) in [6.45, 7) is 3.84. The fourth-order valence-corrected chi connectivity index (χ4v) is 5.08. The molecular weight excluding hydrogens is 546 g/mol. The van der Waals surface area contributed by atoms with Crippen LogP contribution in [-0.2, 0) is 19.1 Å². The van der Waals surface area contributed by atoms with E-state index in [4.69, 9.17) is 4.74 Å². The van der Waals surface area contributed by atoms with E-state index < -0.39 is 41.1 Å². The maximum Gasteiger partial charge on any atom is 0.337 e. The fourth-order valence-electron chi connectivity index (χ4n) is 5.08. The number of amides is 2. The van der Waals surface area contributed by atoms with Crippen molar-refractivity contribution in [2.24, 2.45) is 17.3 Å². The third-order valence-corrected chi connectivity index (χ3v) is 7.48. The Morgan fingerprint density at radius 1 is 1.05 bits per heavy atom. The molecule has 3 N–H and O–H groups in total. The number of carboxylic acid groups (broad SMARTS) is 1. The summed E-state index contributed by atoms with van der Waals surface area (Å²) in [5.41, 5.74) is 2.16. The summed E-state index contributed by atoms with van der Waals surface area (Å²) in [6.07, 6.45) is 7.57. The van der Waals surface area contributed by atoms with E-state index in [1.54, 1.807) is 12.1 Å². The average Bonchev–Trinajstić information content (AvgIpc) is 3.00. The topological polar surface area (TPSA) is 146 Å². The lowest BCUT2D eigenvalue weighted by molar-refractivity contribution is -0.141. The molecule has 0 saturated heterocycles. The molecule has 0 radical (unpaired) electrons. The highest BCUT2D eigenvalue weighted by molar-refractivity contribution is 5.98. The SMILES string of the molecule is COC(=O)c1ccc(NC(=O)C(CC(C)C)NC(=O)C(CCCC2(C#N)C=CC(c3ccccc3)=CC2)CC(=O)O)cc1. The second-order valence-electron chi connectivity index (χ2n) is 11.3. The zero-order valence-corrected chi connectivity index (χ0v) is 24.8. The number of hydrogen-bond donors (Lipinski definition) is 3. The molecule has 0 bridgehead atoms. The van der Waals surface area contributed by atoms with E-state index in [-0.39, 0.29) is 18.8 Å². The molecule has 1 aliphatic carbocycles. The second-order valence-corrected chi connectivity index (χ2v) is 11.3. The Kier molecular flexibility index (Phi) is 11.8. The number of allylic oxidation sites excluding steroid dienone is 4. The average molecular weight is 586 g/mol. The number of nitrogens with one attached hydrogen (secondary N) is 2. The first-order valence-corrected chi connectivity index (χ1v) is 14.4. The minimum absolute atomic E-state index is 0.0677. The number of aliphatic carboxylic acids is 1. The highest BCUT2D eigenvalue weighted by atomic mass is 16.5. The van der Waals surface area contributed by atoms with Crippen LogP contribution in [0.2, 0.25) is 0 Å². The molecule has 2 amide bonds. The summed E-state index contributed by atoms with van der Waals surface area (Å²) in [4.78, 5) is 49.8. The van der Waals surface area contributed by atoms with Gasteiger partial charge in [0.15, 0.2) is 0 Å².